The highest BCUT2D eigenvalue weighted by molar-refractivity contribution is 7.92. The molecule has 0 aliphatic rings. The van der Waals surface area contributed by atoms with Crippen LogP contribution in [0.3, 0.4) is 0 Å². The minimum absolute atomic E-state index is 0.0195. The van der Waals surface area contributed by atoms with Gasteiger partial charge in [0, 0.05) is 12.1 Å². The summed E-state index contributed by atoms with van der Waals surface area (Å²) in [5.74, 6) is -1.17. The maximum Gasteiger partial charge on any atom is 0.336 e. The second-order valence-electron chi connectivity index (χ2n) is 4.64. The van der Waals surface area contributed by atoms with Gasteiger partial charge in [-0.2, -0.15) is 0 Å². The highest BCUT2D eigenvalue weighted by atomic mass is 32.2. The van der Waals surface area contributed by atoms with Crippen LogP contribution in [0, 0.1) is 17.0 Å². The van der Waals surface area contributed by atoms with Gasteiger partial charge in [-0.1, -0.05) is 6.07 Å². The number of hydrogen-bond donors (Lipinski definition) is 2. The van der Waals surface area contributed by atoms with Crippen molar-refractivity contribution in [3.05, 3.63) is 63.7 Å². The topological polar surface area (TPSA) is 127 Å². The van der Waals surface area contributed by atoms with Gasteiger partial charge < -0.3 is 5.11 Å². The Morgan fingerprint density at radius 2 is 1.78 bits per heavy atom. The molecule has 9 heteroatoms. The van der Waals surface area contributed by atoms with Crippen molar-refractivity contribution in [1.29, 1.82) is 0 Å². The lowest BCUT2D eigenvalue weighted by Crippen LogP contribution is -2.15. The third-order valence-electron chi connectivity index (χ3n) is 3.17. The maximum atomic E-state index is 12.3. The van der Waals surface area contributed by atoms with Crippen LogP contribution in [0.2, 0.25) is 0 Å². The molecule has 23 heavy (non-hydrogen) atoms. The lowest BCUT2D eigenvalue weighted by atomic mass is 10.1. The molecule has 0 radical (unpaired) electrons. The van der Waals surface area contributed by atoms with Crippen LogP contribution in [0.5, 0.6) is 0 Å². The predicted molar refractivity (Wildman–Crippen MR) is 82.0 cm³/mol. The molecule has 0 aromatic heterocycles. The van der Waals surface area contributed by atoms with Crippen molar-refractivity contribution in [3.63, 3.8) is 0 Å². The van der Waals surface area contributed by atoms with E-state index in [1.54, 1.807) is 0 Å². The van der Waals surface area contributed by atoms with Gasteiger partial charge in [-0.05, 0) is 36.8 Å². The molecule has 0 unspecified atom stereocenters. The third kappa shape index (κ3) is 3.46. The van der Waals surface area contributed by atoms with E-state index in [0.29, 0.717) is 0 Å². The summed E-state index contributed by atoms with van der Waals surface area (Å²) < 4.78 is 26.9. The van der Waals surface area contributed by atoms with E-state index in [-0.39, 0.29) is 27.4 Å². The fourth-order valence-corrected chi connectivity index (χ4v) is 3.05. The van der Waals surface area contributed by atoms with E-state index < -0.39 is 20.9 Å². The zero-order chi connectivity index (χ0) is 17.2. The van der Waals surface area contributed by atoms with Crippen molar-refractivity contribution < 1.29 is 23.2 Å². The van der Waals surface area contributed by atoms with E-state index in [9.17, 15) is 23.3 Å². The van der Waals surface area contributed by atoms with Crippen molar-refractivity contribution in [2.75, 3.05) is 4.72 Å². The van der Waals surface area contributed by atoms with Crippen molar-refractivity contribution in [2.24, 2.45) is 0 Å². The predicted octanol–water partition coefficient (Wildman–Crippen LogP) is 2.40. The highest BCUT2D eigenvalue weighted by Crippen LogP contribution is 2.23. The van der Waals surface area contributed by atoms with Gasteiger partial charge in [-0.3, -0.25) is 14.8 Å². The molecule has 2 rings (SSSR count). The zero-order valence-corrected chi connectivity index (χ0v) is 12.7. The van der Waals surface area contributed by atoms with Gasteiger partial charge in [0.1, 0.15) is 0 Å². The van der Waals surface area contributed by atoms with Crippen LogP contribution in [0.15, 0.2) is 47.4 Å². The Labute approximate surface area is 131 Å². The van der Waals surface area contributed by atoms with Crippen LogP contribution < -0.4 is 4.72 Å². The third-order valence-corrected chi connectivity index (χ3v) is 4.55. The summed E-state index contributed by atoms with van der Waals surface area (Å²) in [4.78, 5) is 20.9. The zero-order valence-electron chi connectivity index (χ0n) is 11.9. The summed E-state index contributed by atoms with van der Waals surface area (Å²) in [5.41, 5.74) is 0.149. The van der Waals surface area contributed by atoms with Gasteiger partial charge >= 0.3 is 5.97 Å². The van der Waals surface area contributed by atoms with E-state index in [2.05, 4.69) is 4.72 Å². The lowest BCUT2D eigenvalue weighted by molar-refractivity contribution is -0.384. The smallest absolute Gasteiger partial charge is 0.336 e. The Morgan fingerprint density at radius 3 is 2.30 bits per heavy atom. The molecule has 120 valence electrons. The number of rotatable bonds is 5. The molecular formula is C14H12N2O6S. The minimum Gasteiger partial charge on any atom is -0.478 e. The Kier molecular flexibility index (Phi) is 4.32. The number of nitro groups is 1. The van der Waals surface area contributed by atoms with E-state index in [1.807, 2.05) is 0 Å². The first-order valence-corrected chi connectivity index (χ1v) is 7.81. The Morgan fingerprint density at radius 1 is 1.17 bits per heavy atom. The standard InChI is InChI=1S/C14H12N2O6S/c1-9-12(14(17)18)3-2-4-13(9)15-23(21,22)11-7-5-10(6-8-11)16(19)20/h2-8,15H,1H3,(H,17,18). The lowest BCUT2D eigenvalue weighted by Gasteiger charge is -2.12. The van der Waals surface area contributed by atoms with Crippen LogP contribution in [-0.4, -0.2) is 24.4 Å². The molecule has 0 fully saturated rings. The van der Waals surface area contributed by atoms with Gasteiger partial charge in [0.25, 0.3) is 15.7 Å². The van der Waals surface area contributed by atoms with Gasteiger partial charge in [-0.15, -0.1) is 0 Å². The van der Waals surface area contributed by atoms with Crippen molar-refractivity contribution in [3.8, 4) is 0 Å². The van der Waals surface area contributed by atoms with Crippen LogP contribution in [-0.2, 0) is 10.0 Å². The second-order valence-corrected chi connectivity index (χ2v) is 6.32. The average molecular weight is 336 g/mol. The summed E-state index contributed by atoms with van der Waals surface area (Å²) in [5, 5.41) is 19.6. The van der Waals surface area contributed by atoms with Crippen molar-refractivity contribution >= 4 is 27.4 Å². The van der Waals surface area contributed by atoms with E-state index in [0.717, 1.165) is 24.3 Å². The number of hydrogen-bond acceptors (Lipinski definition) is 5. The average Bonchev–Trinajstić information content (AvgIpc) is 2.49. The summed E-state index contributed by atoms with van der Waals surface area (Å²) in [6.45, 7) is 1.48. The van der Waals surface area contributed by atoms with Gasteiger partial charge in [-0.25, -0.2) is 13.2 Å². The molecule has 0 aliphatic heterocycles. The largest absolute Gasteiger partial charge is 0.478 e. The molecule has 0 aliphatic carbocycles. The molecule has 0 heterocycles. The summed E-state index contributed by atoms with van der Waals surface area (Å²) >= 11 is 0. The quantitative estimate of drug-likeness (QED) is 0.637. The van der Waals surface area contributed by atoms with Crippen molar-refractivity contribution in [2.45, 2.75) is 11.8 Å². The molecule has 0 saturated heterocycles. The summed E-state index contributed by atoms with van der Waals surface area (Å²) in [7, 11) is -3.99. The molecule has 0 spiro atoms. The summed E-state index contributed by atoms with van der Waals surface area (Å²) in [6.07, 6.45) is 0. The molecule has 2 aromatic rings. The van der Waals surface area contributed by atoms with E-state index >= 15 is 0 Å². The van der Waals surface area contributed by atoms with E-state index in [1.165, 1.54) is 25.1 Å². The number of carboxylic acids is 1. The minimum atomic E-state index is -3.99. The number of aromatic carboxylic acids is 1. The fourth-order valence-electron chi connectivity index (χ4n) is 1.93. The molecule has 8 nitrogen and oxygen atoms in total. The Hall–Kier alpha value is -2.94. The second kappa shape index (κ2) is 6.05. The number of non-ortho nitro benzene ring substituents is 1. The first-order chi connectivity index (χ1) is 10.7. The van der Waals surface area contributed by atoms with Gasteiger partial charge in [0.05, 0.1) is 21.1 Å². The maximum absolute atomic E-state index is 12.3. The van der Waals surface area contributed by atoms with E-state index in [4.69, 9.17) is 5.11 Å². The van der Waals surface area contributed by atoms with Crippen molar-refractivity contribution in [1.82, 2.24) is 0 Å². The first-order valence-electron chi connectivity index (χ1n) is 6.32. The highest BCUT2D eigenvalue weighted by Gasteiger charge is 2.18. The molecule has 0 atom stereocenters. The molecule has 0 amide bonds. The number of nitrogens with zero attached hydrogens (tertiary/aromatic N) is 1. The number of sulfonamides is 1. The van der Waals surface area contributed by atoms with Crippen LogP contribution >= 0.6 is 0 Å². The van der Waals surface area contributed by atoms with Crippen LogP contribution in [0.1, 0.15) is 15.9 Å². The monoisotopic (exact) mass is 336 g/mol. The number of anilines is 1. The molecule has 2 aromatic carbocycles. The summed E-state index contributed by atoms with van der Waals surface area (Å²) in [6, 6.07) is 8.59. The Bertz CT molecular complexity index is 875. The SMILES string of the molecule is Cc1c(NS(=O)(=O)c2ccc([N+](=O)[O-])cc2)cccc1C(=O)O. The number of carboxylic acid groups (broad SMARTS) is 1. The molecular weight excluding hydrogens is 324 g/mol. The number of nitrogens with one attached hydrogen (secondary N) is 1. The number of carbonyl (C=O) groups is 1. The molecule has 2 N–H and O–H groups in total. The fraction of sp³-hybridized carbons (Fsp3) is 0.0714. The van der Waals surface area contributed by atoms with Gasteiger partial charge in [0.2, 0.25) is 0 Å². The Balaban J connectivity index is 2.37. The normalized spacial score (nSPS) is 11.0. The molecule has 0 bridgehead atoms. The van der Waals surface area contributed by atoms with Crippen LogP contribution in [0.25, 0.3) is 0 Å². The first kappa shape index (κ1) is 16.4. The van der Waals surface area contributed by atoms with Crippen LogP contribution in [0.4, 0.5) is 11.4 Å². The number of nitro benzene ring substituents is 1. The van der Waals surface area contributed by atoms with Gasteiger partial charge in [0.15, 0.2) is 0 Å². The number of benzene rings is 2. The molecule has 0 saturated carbocycles.